The summed E-state index contributed by atoms with van der Waals surface area (Å²) in [5.41, 5.74) is 0.201. The van der Waals surface area contributed by atoms with Crippen LogP contribution in [0.15, 0.2) is 41.1 Å². The lowest BCUT2D eigenvalue weighted by Crippen LogP contribution is -2.16. The molecule has 3 aromatic rings. The molecule has 6 heteroatoms. The highest BCUT2D eigenvalue weighted by atomic mass is 79.9. The van der Waals surface area contributed by atoms with Crippen molar-refractivity contribution in [3.63, 3.8) is 0 Å². The van der Waals surface area contributed by atoms with Gasteiger partial charge in [0, 0.05) is 21.4 Å². The maximum absolute atomic E-state index is 13.1. The molecule has 0 amide bonds. The molecule has 0 saturated carbocycles. The number of hydrogen-bond donors (Lipinski definition) is 0. The summed E-state index contributed by atoms with van der Waals surface area (Å²) in [6.07, 6.45) is -1.74. The van der Waals surface area contributed by atoms with Crippen LogP contribution in [0.5, 0.6) is 0 Å². The van der Waals surface area contributed by atoms with E-state index in [1.165, 1.54) is 18.5 Å². The number of rotatable bonds is 0. The molecule has 1 aromatic carbocycles. The van der Waals surface area contributed by atoms with Crippen LogP contribution in [0.4, 0.5) is 13.2 Å². The minimum atomic E-state index is -4.46. The van der Waals surface area contributed by atoms with Gasteiger partial charge in [-0.3, -0.25) is 9.55 Å². The third kappa shape index (κ3) is 1.59. The van der Waals surface area contributed by atoms with Gasteiger partial charge in [0.1, 0.15) is 0 Å². The van der Waals surface area contributed by atoms with Gasteiger partial charge in [0.25, 0.3) is 0 Å². The van der Waals surface area contributed by atoms with E-state index in [9.17, 15) is 13.2 Å². The third-order valence-electron chi connectivity index (χ3n) is 2.78. The molecule has 0 radical (unpaired) electrons. The van der Waals surface area contributed by atoms with E-state index in [0.29, 0.717) is 15.3 Å². The van der Waals surface area contributed by atoms with Crippen molar-refractivity contribution in [3.8, 4) is 0 Å². The van der Waals surface area contributed by atoms with Gasteiger partial charge in [0.05, 0.1) is 17.2 Å². The number of fused-ring (bicyclic) bond motifs is 3. The van der Waals surface area contributed by atoms with Crippen molar-refractivity contribution in [2.45, 2.75) is 6.30 Å². The summed E-state index contributed by atoms with van der Waals surface area (Å²) in [4.78, 5) is 3.77. The Balaban J connectivity index is 2.58. The first-order valence-corrected chi connectivity index (χ1v) is 5.88. The number of aromatic nitrogens is 2. The van der Waals surface area contributed by atoms with Gasteiger partial charge in [-0.25, -0.2) is 0 Å². The Morgan fingerprint density at radius 1 is 1.06 bits per heavy atom. The topological polar surface area (TPSA) is 17.8 Å². The first-order chi connectivity index (χ1) is 8.48. The smallest absolute Gasteiger partial charge is 0.263 e. The highest BCUT2D eigenvalue weighted by Crippen LogP contribution is 2.37. The Kier molecular flexibility index (Phi) is 2.38. The Hall–Kier alpha value is -1.56. The molecular formula is C12H6BrF3N2. The molecule has 2 aromatic heterocycles. The molecule has 0 N–H and O–H groups in total. The van der Waals surface area contributed by atoms with Crippen LogP contribution < -0.4 is 0 Å². The van der Waals surface area contributed by atoms with Crippen molar-refractivity contribution in [1.29, 1.82) is 0 Å². The van der Waals surface area contributed by atoms with Crippen molar-refractivity contribution >= 4 is 37.7 Å². The maximum Gasteiger partial charge on any atom is 0.489 e. The van der Waals surface area contributed by atoms with Gasteiger partial charge in [-0.05, 0) is 24.3 Å². The van der Waals surface area contributed by atoms with E-state index in [0.717, 1.165) is 4.47 Å². The zero-order chi connectivity index (χ0) is 12.9. The fraction of sp³-hybridized carbons (Fsp3) is 0.0833. The van der Waals surface area contributed by atoms with E-state index in [2.05, 4.69) is 20.9 Å². The third-order valence-corrected chi connectivity index (χ3v) is 3.28. The standard InChI is InChI=1S/C12H6BrF3N2/c13-7-1-2-10-9(5-7)8-3-4-17-6-11(8)18(10)12(14,15)16/h1-6H. The van der Waals surface area contributed by atoms with Crippen molar-refractivity contribution in [3.05, 3.63) is 41.1 Å². The Labute approximate surface area is 108 Å². The summed E-state index contributed by atoms with van der Waals surface area (Å²) in [5.74, 6) is 0. The number of benzene rings is 1. The molecule has 0 aliphatic rings. The van der Waals surface area contributed by atoms with E-state index in [1.54, 1.807) is 18.2 Å². The fourth-order valence-electron chi connectivity index (χ4n) is 2.11. The van der Waals surface area contributed by atoms with Crippen molar-refractivity contribution in [1.82, 2.24) is 9.55 Å². The number of alkyl halides is 3. The summed E-state index contributed by atoms with van der Waals surface area (Å²) in [6.45, 7) is 0. The molecule has 0 aliphatic heterocycles. The van der Waals surface area contributed by atoms with E-state index < -0.39 is 6.30 Å². The van der Waals surface area contributed by atoms with Gasteiger partial charge in [-0.15, -0.1) is 13.2 Å². The van der Waals surface area contributed by atoms with Crippen molar-refractivity contribution in [2.75, 3.05) is 0 Å². The van der Waals surface area contributed by atoms with Gasteiger partial charge in [-0.2, -0.15) is 0 Å². The molecule has 2 heterocycles. The molecule has 0 unspecified atom stereocenters. The second-order valence-electron chi connectivity index (χ2n) is 3.86. The lowest BCUT2D eigenvalue weighted by atomic mass is 10.2. The average molecular weight is 315 g/mol. The summed E-state index contributed by atoms with van der Waals surface area (Å²) in [6, 6.07) is 6.32. The zero-order valence-electron chi connectivity index (χ0n) is 8.87. The van der Waals surface area contributed by atoms with Crippen LogP contribution >= 0.6 is 15.9 Å². The molecule has 2 nitrogen and oxygen atoms in total. The zero-order valence-corrected chi connectivity index (χ0v) is 10.5. The number of nitrogens with zero attached hydrogens (tertiary/aromatic N) is 2. The van der Waals surface area contributed by atoms with Crippen LogP contribution in [0.3, 0.4) is 0 Å². The van der Waals surface area contributed by atoms with E-state index in [1.807, 2.05) is 0 Å². The molecule has 0 atom stereocenters. The van der Waals surface area contributed by atoms with Gasteiger partial charge in [0.2, 0.25) is 0 Å². The minimum absolute atomic E-state index is 0.0677. The highest BCUT2D eigenvalue weighted by Gasteiger charge is 2.34. The maximum atomic E-state index is 13.1. The van der Waals surface area contributed by atoms with Gasteiger partial charge >= 0.3 is 6.30 Å². The number of hydrogen-bond acceptors (Lipinski definition) is 1. The SMILES string of the molecule is FC(F)(F)n1c2ccc(Br)cc2c2ccncc21. The van der Waals surface area contributed by atoms with E-state index in [-0.39, 0.29) is 11.0 Å². The van der Waals surface area contributed by atoms with Crippen LogP contribution in [-0.2, 0) is 6.30 Å². The lowest BCUT2D eigenvalue weighted by Gasteiger charge is -2.10. The molecule has 92 valence electrons. The lowest BCUT2D eigenvalue weighted by molar-refractivity contribution is -0.197. The minimum Gasteiger partial charge on any atom is -0.263 e. The van der Waals surface area contributed by atoms with Gasteiger partial charge < -0.3 is 0 Å². The molecule has 0 bridgehead atoms. The van der Waals surface area contributed by atoms with Crippen molar-refractivity contribution in [2.24, 2.45) is 0 Å². The largest absolute Gasteiger partial charge is 0.489 e. The van der Waals surface area contributed by atoms with Crippen LogP contribution in [0.2, 0.25) is 0 Å². The Morgan fingerprint density at radius 3 is 2.56 bits per heavy atom. The summed E-state index contributed by atoms with van der Waals surface area (Å²) in [5, 5.41) is 1.10. The molecule has 0 spiro atoms. The van der Waals surface area contributed by atoms with Gasteiger partial charge in [-0.1, -0.05) is 15.9 Å². The molecule has 0 aliphatic carbocycles. The van der Waals surface area contributed by atoms with Crippen molar-refractivity contribution < 1.29 is 13.2 Å². The fourth-order valence-corrected chi connectivity index (χ4v) is 2.48. The predicted octanol–water partition coefficient (Wildman–Crippen LogP) is 4.43. The molecule has 18 heavy (non-hydrogen) atoms. The quantitative estimate of drug-likeness (QED) is 0.600. The second kappa shape index (κ2) is 3.71. The number of pyridine rings is 1. The summed E-state index contributed by atoms with van der Waals surface area (Å²) >= 11 is 3.27. The van der Waals surface area contributed by atoms with Crippen LogP contribution in [0, 0.1) is 0 Å². The average Bonchev–Trinajstić information content (AvgIpc) is 2.62. The monoisotopic (exact) mass is 314 g/mol. The van der Waals surface area contributed by atoms with Crippen LogP contribution in [0.1, 0.15) is 0 Å². The molecule has 0 saturated heterocycles. The van der Waals surface area contributed by atoms with Crippen LogP contribution in [-0.4, -0.2) is 9.55 Å². The summed E-state index contributed by atoms with van der Waals surface area (Å²) in [7, 11) is 0. The molecule has 3 rings (SSSR count). The molecule has 0 fully saturated rings. The van der Waals surface area contributed by atoms with E-state index in [4.69, 9.17) is 0 Å². The normalized spacial score (nSPS) is 12.4. The van der Waals surface area contributed by atoms with E-state index >= 15 is 0 Å². The Morgan fingerprint density at radius 2 is 1.83 bits per heavy atom. The Bertz CT molecular complexity index is 746. The van der Waals surface area contributed by atoms with Gasteiger partial charge in [0.15, 0.2) is 0 Å². The number of halogens is 4. The first kappa shape index (κ1) is 11.5. The highest BCUT2D eigenvalue weighted by molar-refractivity contribution is 9.10. The second-order valence-corrected chi connectivity index (χ2v) is 4.77. The molecular weight excluding hydrogens is 309 g/mol. The first-order valence-electron chi connectivity index (χ1n) is 5.09. The summed E-state index contributed by atoms with van der Waals surface area (Å²) < 4.78 is 40.4. The van der Waals surface area contributed by atoms with Crippen LogP contribution in [0.25, 0.3) is 21.8 Å². The predicted molar refractivity (Wildman–Crippen MR) is 66.2 cm³/mol.